The van der Waals surface area contributed by atoms with Crippen LogP contribution in [-0.2, 0) is 10.9 Å². The van der Waals surface area contributed by atoms with Crippen molar-refractivity contribution >= 4 is 11.7 Å². The molecule has 31 heavy (non-hydrogen) atoms. The molecule has 1 aliphatic rings. The number of halogens is 3. The molecular weight excluding hydrogens is 415 g/mol. The molecule has 11 heteroatoms. The molecule has 0 radical (unpaired) electrons. The van der Waals surface area contributed by atoms with Crippen LogP contribution in [0.5, 0.6) is 5.88 Å². The fourth-order valence-electron chi connectivity index (χ4n) is 4.98. The number of nitrogens with zero attached hydrogens (tertiary/aromatic N) is 5. The lowest BCUT2D eigenvalue weighted by Crippen LogP contribution is -2.75. The predicted octanol–water partition coefficient (Wildman–Crippen LogP) is 4.19. The Morgan fingerprint density at radius 2 is 1.68 bits per heavy atom. The van der Waals surface area contributed by atoms with Crippen molar-refractivity contribution in [1.82, 2.24) is 24.7 Å². The number of fused-ring (bicyclic) bond motifs is 1. The third-order valence-corrected chi connectivity index (χ3v) is 5.56. The molecule has 0 spiro atoms. The molecule has 0 N–H and O–H groups in total. The molecule has 2 aromatic heterocycles. The van der Waals surface area contributed by atoms with E-state index in [1.54, 1.807) is 32.7 Å². The summed E-state index contributed by atoms with van der Waals surface area (Å²) in [5, 5.41) is 10.6. The zero-order valence-electron chi connectivity index (χ0n) is 18.9. The van der Waals surface area contributed by atoms with Gasteiger partial charge in [-0.25, -0.2) is 4.79 Å². The number of alkyl halides is 3. The lowest BCUT2D eigenvalue weighted by molar-refractivity contribution is -0.201. The average Bonchev–Trinajstić information content (AvgIpc) is 3.00. The molecular formula is C20H28F3N5O3. The first-order chi connectivity index (χ1) is 14.0. The molecule has 0 saturated heterocycles. The summed E-state index contributed by atoms with van der Waals surface area (Å²) in [5.41, 5.74) is -1.71. The highest BCUT2D eigenvalue weighted by atomic mass is 19.4. The van der Waals surface area contributed by atoms with Crippen molar-refractivity contribution in [2.24, 2.45) is 10.8 Å². The quantitative estimate of drug-likeness (QED) is 0.708. The van der Waals surface area contributed by atoms with Gasteiger partial charge in [-0.15, -0.1) is 15.3 Å². The van der Waals surface area contributed by atoms with Crippen LogP contribution in [0.1, 0.15) is 54.3 Å². The Morgan fingerprint density at radius 3 is 2.19 bits per heavy atom. The average molecular weight is 443 g/mol. The van der Waals surface area contributed by atoms with E-state index in [1.807, 2.05) is 27.7 Å². The van der Waals surface area contributed by atoms with Gasteiger partial charge in [-0.05, 0) is 26.8 Å². The Labute approximate surface area is 178 Å². The highest BCUT2D eigenvalue weighted by Gasteiger charge is 2.66. The minimum absolute atomic E-state index is 0.0160. The zero-order valence-corrected chi connectivity index (χ0v) is 18.9. The van der Waals surface area contributed by atoms with E-state index in [9.17, 15) is 18.0 Å². The number of carbonyl (C=O) groups excluding carboxylic acids is 1. The summed E-state index contributed by atoms with van der Waals surface area (Å²) in [6.07, 6.45) is -5.57. The van der Waals surface area contributed by atoms with E-state index in [-0.39, 0.29) is 17.6 Å². The molecule has 1 amide bonds. The smallest absolute Gasteiger partial charge is 0.453 e. The van der Waals surface area contributed by atoms with Gasteiger partial charge >= 0.3 is 12.3 Å². The van der Waals surface area contributed by atoms with Gasteiger partial charge in [-0.1, -0.05) is 27.7 Å². The van der Waals surface area contributed by atoms with Crippen LogP contribution < -0.4 is 4.74 Å². The van der Waals surface area contributed by atoms with Gasteiger partial charge in [0.2, 0.25) is 5.88 Å². The molecule has 8 nitrogen and oxygen atoms in total. The second-order valence-electron chi connectivity index (χ2n) is 10.1. The van der Waals surface area contributed by atoms with Crippen LogP contribution in [0.15, 0.2) is 12.1 Å². The Balaban J connectivity index is 1.85. The molecule has 1 saturated carbocycles. The summed E-state index contributed by atoms with van der Waals surface area (Å²) in [6, 6.07) is 2.60. The molecule has 2 heterocycles. The largest absolute Gasteiger partial charge is 0.472 e. The number of ether oxygens (including phenoxy) is 2. The van der Waals surface area contributed by atoms with Crippen LogP contribution in [0.25, 0.3) is 5.65 Å². The monoisotopic (exact) mass is 443 g/mol. The summed E-state index contributed by atoms with van der Waals surface area (Å²) in [6.45, 7) is 13.1. The summed E-state index contributed by atoms with van der Waals surface area (Å²) in [7, 11) is 1.68. The maximum absolute atomic E-state index is 13.1. The molecule has 0 atom stereocenters. The molecule has 1 aliphatic carbocycles. The third-order valence-electron chi connectivity index (χ3n) is 5.56. The van der Waals surface area contributed by atoms with Gasteiger partial charge in [0, 0.05) is 23.9 Å². The summed E-state index contributed by atoms with van der Waals surface area (Å²) in [4.78, 5) is 14.2. The van der Waals surface area contributed by atoms with E-state index >= 15 is 0 Å². The van der Waals surface area contributed by atoms with Crippen LogP contribution in [0, 0.1) is 10.8 Å². The summed E-state index contributed by atoms with van der Waals surface area (Å²) < 4.78 is 51.6. The number of carbonyl (C=O) groups is 1. The van der Waals surface area contributed by atoms with Crippen LogP contribution in [0.4, 0.5) is 18.0 Å². The minimum atomic E-state index is -4.69. The standard InChI is InChI=1S/C20H28F3N5O3/c1-17(2,3)31-16(29)27(8)13-18(4,5)14(19(13,6)7)30-12-10-9-11-24-25-15(20(21,22)23)28(11)26-12/h9-10,13-14H,1-8H3. The van der Waals surface area contributed by atoms with Gasteiger partial charge in [0.25, 0.3) is 5.82 Å². The highest BCUT2D eigenvalue weighted by Crippen LogP contribution is 2.57. The number of amides is 1. The van der Waals surface area contributed by atoms with Crippen LogP contribution in [0.3, 0.4) is 0 Å². The van der Waals surface area contributed by atoms with E-state index in [4.69, 9.17) is 9.47 Å². The van der Waals surface area contributed by atoms with Crippen LogP contribution >= 0.6 is 0 Å². The molecule has 2 aromatic rings. The summed E-state index contributed by atoms with van der Waals surface area (Å²) in [5.74, 6) is -1.20. The lowest BCUT2D eigenvalue weighted by atomic mass is 9.49. The maximum atomic E-state index is 13.1. The van der Waals surface area contributed by atoms with Gasteiger partial charge in [0.1, 0.15) is 11.7 Å². The third kappa shape index (κ3) is 4.01. The van der Waals surface area contributed by atoms with Crippen LogP contribution in [0.2, 0.25) is 0 Å². The second kappa shape index (κ2) is 6.96. The van der Waals surface area contributed by atoms with E-state index in [0.29, 0.717) is 4.52 Å². The summed E-state index contributed by atoms with van der Waals surface area (Å²) >= 11 is 0. The van der Waals surface area contributed by atoms with Crippen molar-refractivity contribution in [2.45, 2.75) is 72.4 Å². The molecule has 3 rings (SSSR count). The first-order valence-electron chi connectivity index (χ1n) is 9.88. The maximum Gasteiger partial charge on any atom is 0.453 e. The first-order valence-corrected chi connectivity index (χ1v) is 9.88. The minimum Gasteiger partial charge on any atom is -0.472 e. The Bertz CT molecular complexity index is 978. The topological polar surface area (TPSA) is 81.9 Å². The van der Waals surface area contributed by atoms with Gasteiger partial charge in [0.05, 0.1) is 6.04 Å². The van der Waals surface area contributed by atoms with E-state index in [0.717, 1.165) is 0 Å². The van der Waals surface area contributed by atoms with E-state index < -0.39 is 40.6 Å². The van der Waals surface area contributed by atoms with E-state index in [1.165, 1.54) is 12.1 Å². The molecule has 0 bridgehead atoms. The molecule has 0 aromatic carbocycles. The van der Waals surface area contributed by atoms with Gasteiger partial charge in [-0.2, -0.15) is 17.7 Å². The number of hydrogen-bond donors (Lipinski definition) is 0. The first kappa shape index (κ1) is 23.1. The number of hydrogen-bond acceptors (Lipinski definition) is 6. The Hall–Kier alpha value is -2.59. The second-order valence-corrected chi connectivity index (χ2v) is 10.1. The zero-order chi connectivity index (χ0) is 23.6. The molecule has 172 valence electrons. The van der Waals surface area contributed by atoms with Crippen molar-refractivity contribution in [3.05, 3.63) is 18.0 Å². The van der Waals surface area contributed by atoms with Crippen molar-refractivity contribution in [2.75, 3.05) is 7.05 Å². The van der Waals surface area contributed by atoms with E-state index in [2.05, 4.69) is 15.3 Å². The SMILES string of the molecule is CN(C(=O)OC(C)(C)C)C1C(C)(C)C(Oc2ccc3nnc(C(F)(F)F)n3n2)C1(C)C. The van der Waals surface area contributed by atoms with Crippen LogP contribution in [-0.4, -0.2) is 55.6 Å². The van der Waals surface area contributed by atoms with Crippen molar-refractivity contribution < 1.29 is 27.4 Å². The van der Waals surface area contributed by atoms with Crippen molar-refractivity contribution in [1.29, 1.82) is 0 Å². The lowest BCUT2D eigenvalue weighted by Gasteiger charge is -2.64. The van der Waals surface area contributed by atoms with Crippen molar-refractivity contribution in [3.63, 3.8) is 0 Å². The Kier molecular flexibility index (Phi) is 5.18. The van der Waals surface area contributed by atoms with Gasteiger partial charge in [-0.3, -0.25) is 0 Å². The fourth-order valence-corrected chi connectivity index (χ4v) is 4.98. The number of rotatable bonds is 3. The molecule has 1 fully saturated rings. The number of aromatic nitrogens is 4. The predicted molar refractivity (Wildman–Crippen MR) is 106 cm³/mol. The normalized spacial score (nSPS) is 22.7. The Morgan fingerprint density at radius 1 is 1.10 bits per heavy atom. The fraction of sp³-hybridized carbons (Fsp3) is 0.700. The molecule has 0 aliphatic heterocycles. The van der Waals surface area contributed by atoms with Gasteiger partial charge in [0.15, 0.2) is 5.65 Å². The molecule has 0 unspecified atom stereocenters. The highest BCUT2D eigenvalue weighted by molar-refractivity contribution is 5.69. The van der Waals surface area contributed by atoms with Gasteiger partial charge < -0.3 is 14.4 Å². The van der Waals surface area contributed by atoms with Crippen molar-refractivity contribution in [3.8, 4) is 5.88 Å².